The van der Waals surface area contributed by atoms with Gasteiger partial charge in [-0.05, 0) is 18.6 Å². The molecule has 1 rings (SSSR count). The summed E-state index contributed by atoms with van der Waals surface area (Å²) < 4.78 is 5.07. The highest BCUT2D eigenvalue weighted by atomic mass is 16.6. The maximum absolute atomic E-state index is 10.8. The van der Waals surface area contributed by atoms with Crippen molar-refractivity contribution in [3.8, 4) is 0 Å². The summed E-state index contributed by atoms with van der Waals surface area (Å²) in [6.45, 7) is 5.39. The molecule has 11 heavy (non-hydrogen) atoms. The summed E-state index contributed by atoms with van der Waals surface area (Å²) in [6, 6.07) is 0. The fourth-order valence-corrected chi connectivity index (χ4v) is 0.998. The van der Waals surface area contributed by atoms with Gasteiger partial charge in [-0.25, -0.2) is 4.79 Å². The van der Waals surface area contributed by atoms with Gasteiger partial charge in [-0.1, -0.05) is 19.9 Å². The fourth-order valence-electron chi connectivity index (χ4n) is 0.998. The van der Waals surface area contributed by atoms with Gasteiger partial charge in [-0.2, -0.15) is 0 Å². The molecule has 0 heterocycles. The minimum absolute atomic E-state index is 0.344. The Balaban J connectivity index is 2.35. The molecule has 1 aliphatic carbocycles. The smallest absolute Gasteiger partial charge is 0.331 e. The van der Waals surface area contributed by atoms with Gasteiger partial charge in [0.05, 0.1) is 0 Å². The van der Waals surface area contributed by atoms with Gasteiger partial charge in [0.2, 0.25) is 0 Å². The van der Waals surface area contributed by atoms with Gasteiger partial charge in [-0.15, -0.1) is 0 Å². The van der Waals surface area contributed by atoms with E-state index in [1.165, 1.54) is 6.08 Å². The number of ether oxygens (including phenoxy) is 1. The van der Waals surface area contributed by atoms with Crippen molar-refractivity contribution in [3.63, 3.8) is 0 Å². The Kier molecular flexibility index (Phi) is 2.13. The zero-order valence-corrected chi connectivity index (χ0v) is 6.67. The van der Waals surface area contributed by atoms with Gasteiger partial charge in [-0.3, -0.25) is 0 Å². The summed E-state index contributed by atoms with van der Waals surface area (Å²) >= 11 is 0. The van der Waals surface area contributed by atoms with Crippen LogP contribution < -0.4 is 0 Å². The Morgan fingerprint density at radius 3 is 2.73 bits per heavy atom. The van der Waals surface area contributed by atoms with Gasteiger partial charge in [0, 0.05) is 6.08 Å². The Bertz CT molecular complexity index is 198. The molecule has 60 valence electrons. The van der Waals surface area contributed by atoms with Crippen molar-refractivity contribution in [1.82, 2.24) is 0 Å². The van der Waals surface area contributed by atoms with E-state index in [1.807, 2.05) is 12.2 Å². The highest BCUT2D eigenvalue weighted by Crippen LogP contribution is 2.33. The van der Waals surface area contributed by atoms with Crippen LogP contribution in [0.25, 0.3) is 0 Å². The monoisotopic (exact) mass is 152 g/mol. The molecule has 0 atom stereocenters. The number of rotatable bonds is 4. The number of carbonyl (C=O) groups is 1. The average Bonchev–Trinajstić information content (AvgIpc) is 2.70. The highest BCUT2D eigenvalue weighted by Gasteiger charge is 2.36. The van der Waals surface area contributed by atoms with E-state index >= 15 is 0 Å². The number of esters is 1. The lowest BCUT2D eigenvalue weighted by atomic mass is 10.1. The van der Waals surface area contributed by atoms with E-state index in [0.29, 0.717) is 0 Å². The summed E-state index contributed by atoms with van der Waals surface area (Å²) in [4.78, 5) is 10.8. The van der Waals surface area contributed by atoms with E-state index in [1.54, 1.807) is 0 Å². The van der Waals surface area contributed by atoms with Crippen LogP contribution in [0.2, 0.25) is 0 Å². The molecular formula is C9H12O2. The lowest BCUT2D eigenvalue weighted by Crippen LogP contribution is -2.19. The largest absolute Gasteiger partial charge is 0.447 e. The van der Waals surface area contributed by atoms with Crippen LogP contribution in [0.15, 0.2) is 24.8 Å². The highest BCUT2D eigenvalue weighted by molar-refractivity contribution is 5.82. The number of hydrogen-bond donors (Lipinski definition) is 0. The number of hydrogen-bond acceptors (Lipinski definition) is 2. The molecule has 0 aromatic rings. The van der Waals surface area contributed by atoms with Crippen LogP contribution in [-0.4, -0.2) is 11.6 Å². The van der Waals surface area contributed by atoms with E-state index in [9.17, 15) is 4.79 Å². The summed E-state index contributed by atoms with van der Waals surface area (Å²) in [7, 11) is 0. The third kappa shape index (κ3) is 1.93. The van der Waals surface area contributed by atoms with E-state index in [-0.39, 0.29) is 11.6 Å². The molecule has 0 amide bonds. The first kappa shape index (κ1) is 8.05. The molecule has 1 aliphatic rings. The molecule has 0 aliphatic heterocycles. The molecule has 0 bridgehead atoms. The maximum atomic E-state index is 10.8. The third-order valence-corrected chi connectivity index (χ3v) is 1.64. The van der Waals surface area contributed by atoms with E-state index in [4.69, 9.17) is 4.74 Å². The second kappa shape index (κ2) is 2.91. The predicted molar refractivity (Wildman–Crippen MR) is 43.1 cm³/mol. The lowest BCUT2D eigenvalue weighted by molar-refractivity contribution is -0.143. The maximum Gasteiger partial charge on any atom is 0.331 e. The van der Waals surface area contributed by atoms with Crippen molar-refractivity contribution in [2.75, 3.05) is 0 Å². The van der Waals surface area contributed by atoms with Crippen LogP contribution in [0.5, 0.6) is 0 Å². The standard InChI is InChI=1S/C9H12O2/c1-3-5-9(6-7-9)11-8(10)4-2/h4,6-7H,2-3,5H2,1H3. The minimum atomic E-state index is -0.347. The normalized spacial score (nSPS) is 17.5. The molecule has 0 aromatic heterocycles. The molecule has 0 fully saturated rings. The van der Waals surface area contributed by atoms with Gasteiger partial charge >= 0.3 is 5.97 Å². The van der Waals surface area contributed by atoms with Crippen LogP contribution in [0.4, 0.5) is 0 Å². The summed E-state index contributed by atoms with van der Waals surface area (Å²) in [5.41, 5.74) is -0.347. The molecule has 0 saturated carbocycles. The van der Waals surface area contributed by atoms with Gasteiger partial charge < -0.3 is 4.74 Å². The molecule has 0 aromatic carbocycles. The summed E-state index contributed by atoms with van der Waals surface area (Å²) in [6.07, 6.45) is 6.89. The quantitative estimate of drug-likeness (QED) is 0.349. The topological polar surface area (TPSA) is 26.3 Å². The predicted octanol–water partition coefficient (Wildman–Crippen LogP) is 1.82. The first-order valence-corrected chi connectivity index (χ1v) is 3.78. The van der Waals surface area contributed by atoms with E-state index < -0.39 is 0 Å². The van der Waals surface area contributed by atoms with E-state index in [0.717, 1.165) is 12.8 Å². The van der Waals surface area contributed by atoms with Gasteiger partial charge in [0.1, 0.15) is 5.60 Å². The van der Waals surface area contributed by atoms with Gasteiger partial charge in [0.25, 0.3) is 0 Å². The van der Waals surface area contributed by atoms with E-state index in [2.05, 4.69) is 13.5 Å². The molecule has 0 N–H and O–H groups in total. The minimum Gasteiger partial charge on any atom is -0.447 e. The second-order valence-electron chi connectivity index (χ2n) is 2.66. The van der Waals surface area contributed by atoms with Crippen molar-refractivity contribution in [2.24, 2.45) is 0 Å². The van der Waals surface area contributed by atoms with Gasteiger partial charge in [0.15, 0.2) is 0 Å². The van der Waals surface area contributed by atoms with Crippen LogP contribution in [0.1, 0.15) is 19.8 Å². The Morgan fingerprint density at radius 1 is 1.73 bits per heavy atom. The SMILES string of the molecule is C=CC(=O)OC1(CCC)C=C1. The van der Waals surface area contributed by atoms with Crippen molar-refractivity contribution in [3.05, 3.63) is 24.8 Å². The second-order valence-corrected chi connectivity index (χ2v) is 2.66. The fraction of sp³-hybridized carbons (Fsp3) is 0.444. The molecule has 0 saturated heterocycles. The van der Waals surface area contributed by atoms with Crippen molar-refractivity contribution < 1.29 is 9.53 Å². The Labute approximate surface area is 66.5 Å². The lowest BCUT2D eigenvalue weighted by Gasteiger charge is -2.14. The molecule has 2 nitrogen and oxygen atoms in total. The first-order valence-electron chi connectivity index (χ1n) is 3.78. The van der Waals surface area contributed by atoms with Crippen molar-refractivity contribution in [2.45, 2.75) is 25.4 Å². The van der Waals surface area contributed by atoms with Crippen LogP contribution in [-0.2, 0) is 9.53 Å². The molecule has 2 heteroatoms. The molecule has 0 unspecified atom stereocenters. The zero-order valence-electron chi connectivity index (χ0n) is 6.67. The summed E-state index contributed by atoms with van der Waals surface area (Å²) in [5.74, 6) is -0.344. The van der Waals surface area contributed by atoms with Crippen LogP contribution in [0, 0.1) is 0 Å². The number of carbonyl (C=O) groups excluding carboxylic acids is 1. The van der Waals surface area contributed by atoms with Crippen LogP contribution >= 0.6 is 0 Å². The summed E-state index contributed by atoms with van der Waals surface area (Å²) in [5, 5.41) is 0. The zero-order chi connectivity index (χ0) is 8.32. The molecule has 0 radical (unpaired) electrons. The Hall–Kier alpha value is -1.05. The first-order chi connectivity index (χ1) is 5.22. The van der Waals surface area contributed by atoms with Crippen molar-refractivity contribution in [1.29, 1.82) is 0 Å². The van der Waals surface area contributed by atoms with Crippen molar-refractivity contribution >= 4 is 5.97 Å². The average molecular weight is 152 g/mol. The Morgan fingerprint density at radius 2 is 2.36 bits per heavy atom. The molecule has 0 spiro atoms. The van der Waals surface area contributed by atoms with Crippen LogP contribution in [0.3, 0.4) is 0 Å². The third-order valence-electron chi connectivity index (χ3n) is 1.64. The molecular weight excluding hydrogens is 140 g/mol.